The Morgan fingerprint density at radius 2 is 2.08 bits per heavy atom. The Balaban J connectivity index is 2.02. The van der Waals surface area contributed by atoms with Gasteiger partial charge < -0.3 is 14.0 Å². The van der Waals surface area contributed by atoms with Crippen molar-refractivity contribution in [1.82, 2.24) is 5.16 Å². The molecule has 1 heterocycles. The minimum atomic E-state index is -0.556. The van der Waals surface area contributed by atoms with E-state index in [9.17, 15) is 9.18 Å². The van der Waals surface area contributed by atoms with Crippen molar-refractivity contribution in [2.75, 3.05) is 13.2 Å². The summed E-state index contributed by atoms with van der Waals surface area (Å²) < 4.78 is 29.4. The van der Waals surface area contributed by atoms with E-state index in [1.165, 1.54) is 12.1 Å². The lowest BCUT2D eigenvalue weighted by Crippen LogP contribution is -2.14. The Morgan fingerprint density at radius 1 is 1.32 bits per heavy atom. The topological polar surface area (TPSA) is 61.6 Å². The molecule has 0 aliphatic heterocycles. The lowest BCUT2D eigenvalue weighted by atomic mass is 10.1. The van der Waals surface area contributed by atoms with E-state index in [-0.39, 0.29) is 45.8 Å². The number of carbonyl (C=O) groups is 1. The second-order valence-corrected chi connectivity index (χ2v) is 5.77. The van der Waals surface area contributed by atoms with E-state index in [4.69, 9.17) is 37.2 Å². The summed E-state index contributed by atoms with van der Waals surface area (Å²) in [6.45, 7) is 1.56. The summed E-state index contributed by atoms with van der Waals surface area (Å²) in [6.07, 6.45) is 0. The number of benzene rings is 2. The van der Waals surface area contributed by atoms with Crippen molar-refractivity contribution in [1.29, 1.82) is 0 Å². The van der Waals surface area contributed by atoms with Crippen LogP contribution in [-0.4, -0.2) is 24.3 Å². The van der Waals surface area contributed by atoms with Gasteiger partial charge in [-0.15, -0.1) is 0 Å². The average Bonchev–Trinajstić information content (AvgIpc) is 2.99. The summed E-state index contributed by atoms with van der Waals surface area (Å²) >= 11 is 12.5. The fraction of sp³-hybridized carbons (Fsp3) is 0.176. The standard InChI is InChI=1S/C17H12Cl2FNO4/c1-2-23-13(22)8-24-17-11(18)7-10-15(21-25-16(10)14(17)19)9-5-3-4-6-12(9)20/h3-7H,2,8H2,1H3. The van der Waals surface area contributed by atoms with Gasteiger partial charge in [0.25, 0.3) is 0 Å². The number of fused-ring (bicyclic) bond motifs is 1. The van der Waals surface area contributed by atoms with E-state index in [1.54, 1.807) is 25.1 Å². The number of rotatable bonds is 5. The molecule has 0 N–H and O–H groups in total. The Labute approximate surface area is 152 Å². The van der Waals surface area contributed by atoms with E-state index in [0.717, 1.165) is 0 Å². The normalized spacial score (nSPS) is 10.9. The molecule has 0 aliphatic rings. The van der Waals surface area contributed by atoms with Crippen LogP contribution in [-0.2, 0) is 9.53 Å². The van der Waals surface area contributed by atoms with Crippen molar-refractivity contribution in [2.24, 2.45) is 0 Å². The third kappa shape index (κ3) is 3.41. The monoisotopic (exact) mass is 383 g/mol. The predicted octanol–water partition coefficient (Wildman–Crippen LogP) is 4.88. The van der Waals surface area contributed by atoms with E-state index in [0.29, 0.717) is 5.39 Å². The molecule has 0 radical (unpaired) electrons. The van der Waals surface area contributed by atoms with Gasteiger partial charge in [-0.25, -0.2) is 9.18 Å². The van der Waals surface area contributed by atoms with Crippen molar-refractivity contribution in [3.8, 4) is 17.0 Å². The molecule has 0 atom stereocenters. The molecule has 5 nitrogen and oxygen atoms in total. The molecule has 0 spiro atoms. The Morgan fingerprint density at radius 3 is 2.80 bits per heavy atom. The molecule has 25 heavy (non-hydrogen) atoms. The van der Waals surface area contributed by atoms with Crippen LogP contribution in [0.5, 0.6) is 5.75 Å². The largest absolute Gasteiger partial charge is 0.479 e. The highest BCUT2D eigenvalue weighted by atomic mass is 35.5. The highest BCUT2D eigenvalue weighted by molar-refractivity contribution is 6.41. The summed E-state index contributed by atoms with van der Waals surface area (Å²) in [4.78, 5) is 11.4. The van der Waals surface area contributed by atoms with Crippen LogP contribution in [0.1, 0.15) is 6.92 Å². The van der Waals surface area contributed by atoms with Gasteiger partial charge in [-0.3, -0.25) is 0 Å². The molecular weight excluding hydrogens is 372 g/mol. The third-order valence-corrected chi connectivity index (χ3v) is 4.01. The van der Waals surface area contributed by atoms with Crippen molar-refractivity contribution in [3.05, 3.63) is 46.2 Å². The van der Waals surface area contributed by atoms with Crippen LogP contribution in [0, 0.1) is 5.82 Å². The Kier molecular flexibility index (Phi) is 5.11. The van der Waals surface area contributed by atoms with Gasteiger partial charge >= 0.3 is 5.97 Å². The molecule has 0 fully saturated rings. The van der Waals surface area contributed by atoms with Gasteiger partial charge in [0, 0.05) is 5.56 Å². The van der Waals surface area contributed by atoms with Gasteiger partial charge in [-0.1, -0.05) is 40.5 Å². The van der Waals surface area contributed by atoms with E-state index in [2.05, 4.69) is 5.16 Å². The average molecular weight is 384 g/mol. The number of hydrogen-bond donors (Lipinski definition) is 0. The second-order valence-electron chi connectivity index (χ2n) is 4.98. The van der Waals surface area contributed by atoms with Crippen LogP contribution in [0.25, 0.3) is 22.2 Å². The molecule has 0 saturated heterocycles. The van der Waals surface area contributed by atoms with Gasteiger partial charge in [-0.05, 0) is 25.1 Å². The van der Waals surface area contributed by atoms with Crippen molar-refractivity contribution < 1.29 is 23.2 Å². The van der Waals surface area contributed by atoms with E-state index in [1.807, 2.05) is 0 Å². The number of esters is 1. The lowest BCUT2D eigenvalue weighted by Gasteiger charge is -2.09. The molecule has 3 rings (SSSR count). The quantitative estimate of drug-likeness (QED) is 0.587. The fourth-order valence-electron chi connectivity index (χ4n) is 2.30. The first-order valence-corrected chi connectivity index (χ1v) is 8.09. The minimum Gasteiger partial charge on any atom is -0.479 e. The Hall–Kier alpha value is -2.31. The smallest absolute Gasteiger partial charge is 0.344 e. The maximum Gasteiger partial charge on any atom is 0.344 e. The summed E-state index contributed by atoms with van der Waals surface area (Å²) in [5.74, 6) is -0.938. The molecule has 1 aromatic heterocycles. The van der Waals surface area contributed by atoms with Crippen LogP contribution >= 0.6 is 23.2 Å². The molecule has 3 aromatic rings. The maximum atomic E-state index is 14.0. The minimum absolute atomic E-state index is 0.0434. The summed E-state index contributed by atoms with van der Waals surface area (Å²) in [5.41, 5.74) is 0.714. The molecule has 0 aliphatic carbocycles. The van der Waals surface area contributed by atoms with Gasteiger partial charge in [0.15, 0.2) is 17.9 Å². The lowest BCUT2D eigenvalue weighted by molar-refractivity contribution is -0.145. The van der Waals surface area contributed by atoms with Crippen molar-refractivity contribution in [3.63, 3.8) is 0 Å². The van der Waals surface area contributed by atoms with Crippen LogP contribution in [0.4, 0.5) is 4.39 Å². The molecule has 0 bridgehead atoms. The molecule has 0 amide bonds. The van der Waals surface area contributed by atoms with Crippen LogP contribution in [0.3, 0.4) is 0 Å². The Bertz CT molecular complexity index is 942. The van der Waals surface area contributed by atoms with Gasteiger partial charge in [0.2, 0.25) is 0 Å². The third-order valence-electron chi connectivity index (χ3n) is 3.38. The summed E-state index contributed by atoms with van der Waals surface area (Å²) in [6, 6.07) is 7.64. The highest BCUT2D eigenvalue weighted by Crippen LogP contribution is 2.42. The zero-order valence-corrected chi connectivity index (χ0v) is 14.5. The van der Waals surface area contributed by atoms with Crippen LogP contribution in [0.2, 0.25) is 10.0 Å². The maximum absolute atomic E-state index is 14.0. The fourth-order valence-corrected chi connectivity index (χ4v) is 2.90. The van der Waals surface area contributed by atoms with E-state index >= 15 is 0 Å². The zero-order chi connectivity index (χ0) is 18.0. The zero-order valence-electron chi connectivity index (χ0n) is 13.0. The number of nitrogens with zero attached hydrogens (tertiary/aromatic N) is 1. The first-order chi connectivity index (χ1) is 12.0. The summed E-state index contributed by atoms with van der Waals surface area (Å²) in [5, 5.41) is 4.51. The van der Waals surface area contributed by atoms with Crippen molar-refractivity contribution >= 4 is 40.1 Å². The van der Waals surface area contributed by atoms with Gasteiger partial charge in [-0.2, -0.15) is 0 Å². The number of ether oxygens (including phenoxy) is 2. The molecule has 8 heteroatoms. The number of hydrogen-bond acceptors (Lipinski definition) is 5. The second kappa shape index (κ2) is 7.29. The van der Waals surface area contributed by atoms with Crippen molar-refractivity contribution in [2.45, 2.75) is 6.92 Å². The predicted molar refractivity (Wildman–Crippen MR) is 91.6 cm³/mol. The molecule has 0 unspecified atom stereocenters. The molecular formula is C17H12Cl2FNO4. The molecule has 0 saturated carbocycles. The first kappa shape index (κ1) is 17.5. The van der Waals surface area contributed by atoms with Crippen LogP contribution < -0.4 is 4.74 Å². The van der Waals surface area contributed by atoms with E-state index < -0.39 is 11.8 Å². The number of aromatic nitrogens is 1. The number of halogens is 3. The van der Waals surface area contributed by atoms with Gasteiger partial charge in [0.1, 0.15) is 16.5 Å². The van der Waals surface area contributed by atoms with Gasteiger partial charge in [0.05, 0.1) is 17.0 Å². The first-order valence-electron chi connectivity index (χ1n) is 7.33. The summed E-state index contributed by atoms with van der Waals surface area (Å²) in [7, 11) is 0. The number of carbonyl (C=O) groups excluding carboxylic acids is 1. The SMILES string of the molecule is CCOC(=O)COc1c(Cl)cc2c(-c3ccccc3F)noc2c1Cl. The molecule has 130 valence electrons. The molecule has 2 aromatic carbocycles. The highest BCUT2D eigenvalue weighted by Gasteiger charge is 2.22. The van der Waals surface area contributed by atoms with Crippen LogP contribution in [0.15, 0.2) is 34.9 Å².